The van der Waals surface area contributed by atoms with Crippen molar-refractivity contribution in [3.63, 3.8) is 0 Å². The highest BCUT2D eigenvalue weighted by Crippen LogP contribution is 2.38. The molecule has 0 aliphatic carbocycles. The van der Waals surface area contributed by atoms with E-state index < -0.39 is 36.8 Å². The molecule has 1 aromatic carbocycles. The van der Waals surface area contributed by atoms with Crippen LogP contribution in [-0.4, -0.2) is 47.3 Å². The molecule has 100 valence electrons. The van der Waals surface area contributed by atoms with E-state index in [1.54, 1.807) is 0 Å². The van der Waals surface area contributed by atoms with Crippen molar-refractivity contribution in [1.82, 2.24) is 0 Å². The first-order chi connectivity index (χ1) is 8.58. The zero-order valence-corrected chi connectivity index (χ0v) is 9.78. The Kier molecular flexibility index (Phi) is 3.82. The Hall–Kier alpha value is -1.21. The van der Waals surface area contributed by atoms with Gasteiger partial charge in [0.05, 0.1) is 13.7 Å². The molecule has 4 atom stereocenters. The molecule has 0 bridgehead atoms. The molecular formula is C12H15FO5. The molecule has 0 amide bonds. The van der Waals surface area contributed by atoms with Gasteiger partial charge < -0.3 is 24.8 Å². The number of methoxy groups -OCH3 is 1. The van der Waals surface area contributed by atoms with Gasteiger partial charge in [-0.15, -0.1) is 0 Å². The average molecular weight is 258 g/mol. The Morgan fingerprint density at radius 2 is 2.06 bits per heavy atom. The largest absolute Gasteiger partial charge is 0.496 e. The van der Waals surface area contributed by atoms with Gasteiger partial charge in [-0.05, 0) is 18.2 Å². The minimum Gasteiger partial charge on any atom is -0.496 e. The lowest BCUT2D eigenvalue weighted by Gasteiger charge is -2.18. The zero-order valence-electron chi connectivity index (χ0n) is 9.78. The van der Waals surface area contributed by atoms with Crippen LogP contribution in [0.15, 0.2) is 18.2 Å². The van der Waals surface area contributed by atoms with Crippen molar-refractivity contribution >= 4 is 0 Å². The number of ether oxygens (including phenoxy) is 2. The van der Waals surface area contributed by atoms with Crippen molar-refractivity contribution in [2.45, 2.75) is 24.4 Å². The summed E-state index contributed by atoms with van der Waals surface area (Å²) in [6.45, 7) is -0.424. The summed E-state index contributed by atoms with van der Waals surface area (Å²) in [6.07, 6.45) is -4.27. The predicted molar refractivity (Wildman–Crippen MR) is 59.7 cm³/mol. The van der Waals surface area contributed by atoms with Gasteiger partial charge in [0.1, 0.15) is 36.0 Å². The molecule has 3 N–H and O–H groups in total. The van der Waals surface area contributed by atoms with Crippen molar-refractivity contribution in [1.29, 1.82) is 0 Å². The highest BCUT2D eigenvalue weighted by atomic mass is 19.1. The van der Waals surface area contributed by atoms with Crippen LogP contribution in [0.5, 0.6) is 5.75 Å². The molecular weight excluding hydrogens is 243 g/mol. The normalized spacial score (nSPS) is 31.6. The summed E-state index contributed by atoms with van der Waals surface area (Å²) >= 11 is 0. The highest BCUT2D eigenvalue weighted by Gasteiger charge is 2.44. The fraction of sp³-hybridized carbons (Fsp3) is 0.500. The van der Waals surface area contributed by atoms with Gasteiger partial charge in [0.25, 0.3) is 0 Å². The average Bonchev–Trinajstić information content (AvgIpc) is 2.66. The fourth-order valence-corrected chi connectivity index (χ4v) is 2.08. The van der Waals surface area contributed by atoms with E-state index in [0.717, 1.165) is 0 Å². The molecule has 1 saturated heterocycles. The summed E-state index contributed by atoms with van der Waals surface area (Å²) in [4.78, 5) is 0. The summed E-state index contributed by atoms with van der Waals surface area (Å²) in [5.74, 6) is -0.144. The van der Waals surface area contributed by atoms with Crippen molar-refractivity contribution in [3.8, 4) is 5.75 Å². The van der Waals surface area contributed by atoms with Crippen molar-refractivity contribution in [3.05, 3.63) is 29.6 Å². The van der Waals surface area contributed by atoms with Crippen molar-refractivity contribution in [2.75, 3.05) is 13.7 Å². The monoisotopic (exact) mass is 258 g/mol. The lowest BCUT2D eigenvalue weighted by Crippen LogP contribution is -2.32. The Morgan fingerprint density at radius 1 is 1.33 bits per heavy atom. The first-order valence-electron chi connectivity index (χ1n) is 5.54. The predicted octanol–water partition coefficient (Wildman–Crippen LogP) is -0.0117. The lowest BCUT2D eigenvalue weighted by molar-refractivity contribution is -0.0233. The third-order valence-corrected chi connectivity index (χ3v) is 3.04. The number of aliphatic hydroxyl groups is 3. The van der Waals surface area contributed by atoms with E-state index >= 15 is 0 Å². The Morgan fingerprint density at radius 3 is 2.61 bits per heavy atom. The van der Waals surface area contributed by atoms with E-state index in [-0.39, 0.29) is 0 Å². The summed E-state index contributed by atoms with van der Waals surface area (Å²) in [5.41, 5.74) is 0.306. The summed E-state index contributed by atoms with van der Waals surface area (Å²) in [7, 11) is 1.41. The van der Waals surface area contributed by atoms with Gasteiger partial charge >= 0.3 is 0 Å². The zero-order chi connectivity index (χ0) is 13.3. The van der Waals surface area contributed by atoms with Gasteiger partial charge in [-0.25, -0.2) is 4.39 Å². The SMILES string of the molecule is COc1ccc(F)cc1[C@@H]1O[C@H](CO)[C@H](O)C1O. The first kappa shape index (κ1) is 13.2. The van der Waals surface area contributed by atoms with Gasteiger partial charge in [-0.3, -0.25) is 0 Å². The summed E-state index contributed by atoms with van der Waals surface area (Å²) in [5, 5.41) is 28.5. The van der Waals surface area contributed by atoms with Crippen LogP contribution in [0.25, 0.3) is 0 Å². The quantitative estimate of drug-likeness (QED) is 0.710. The molecule has 0 saturated carbocycles. The molecule has 1 fully saturated rings. The van der Waals surface area contributed by atoms with Gasteiger partial charge in [0, 0.05) is 5.56 Å². The second kappa shape index (κ2) is 5.19. The van der Waals surface area contributed by atoms with Gasteiger partial charge in [0.15, 0.2) is 0 Å². The number of rotatable bonds is 3. The third-order valence-electron chi connectivity index (χ3n) is 3.04. The van der Waals surface area contributed by atoms with E-state index in [2.05, 4.69) is 0 Å². The molecule has 1 aliphatic heterocycles. The molecule has 1 heterocycles. The lowest BCUT2D eigenvalue weighted by atomic mass is 10.0. The van der Waals surface area contributed by atoms with Crippen LogP contribution in [0.4, 0.5) is 4.39 Å². The number of halogens is 1. The molecule has 0 radical (unpaired) electrons. The van der Waals surface area contributed by atoms with Crippen LogP contribution >= 0.6 is 0 Å². The molecule has 5 nitrogen and oxygen atoms in total. The van der Waals surface area contributed by atoms with E-state index in [9.17, 15) is 14.6 Å². The van der Waals surface area contributed by atoms with E-state index in [4.69, 9.17) is 14.6 Å². The second-order valence-corrected chi connectivity index (χ2v) is 4.15. The van der Waals surface area contributed by atoms with E-state index in [0.29, 0.717) is 11.3 Å². The van der Waals surface area contributed by atoms with Crippen LogP contribution in [0, 0.1) is 5.82 Å². The van der Waals surface area contributed by atoms with Crippen LogP contribution in [-0.2, 0) is 4.74 Å². The Balaban J connectivity index is 2.34. The Labute approximate surface area is 103 Å². The maximum Gasteiger partial charge on any atom is 0.124 e. The molecule has 0 aromatic heterocycles. The van der Waals surface area contributed by atoms with Gasteiger partial charge in [0.2, 0.25) is 0 Å². The fourth-order valence-electron chi connectivity index (χ4n) is 2.08. The van der Waals surface area contributed by atoms with Crippen LogP contribution < -0.4 is 4.74 Å². The Bertz CT molecular complexity index is 425. The number of hydrogen-bond acceptors (Lipinski definition) is 5. The highest BCUT2D eigenvalue weighted by molar-refractivity contribution is 5.37. The van der Waals surface area contributed by atoms with Crippen LogP contribution in [0.2, 0.25) is 0 Å². The topological polar surface area (TPSA) is 79.2 Å². The molecule has 1 unspecified atom stereocenters. The van der Waals surface area contributed by atoms with Crippen LogP contribution in [0.3, 0.4) is 0 Å². The number of benzene rings is 1. The third kappa shape index (κ3) is 2.20. The molecule has 1 aliphatic rings. The molecule has 0 spiro atoms. The van der Waals surface area contributed by atoms with Crippen molar-refractivity contribution in [2.24, 2.45) is 0 Å². The molecule has 6 heteroatoms. The summed E-state index contributed by atoms with van der Waals surface area (Å²) < 4.78 is 23.6. The van der Waals surface area contributed by atoms with Crippen molar-refractivity contribution < 1.29 is 29.2 Å². The molecule has 18 heavy (non-hydrogen) atoms. The molecule has 1 aromatic rings. The number of hydrogen-bond donors (Lipinski definition) is 3. The van der Waals surface area contributed by atoms with Gasteiger partial charge in [-0.2, -0.15) is 0 Å². The minimum atomic E-state index is -1.24. The van der Waals surface area contributed by atoms with E-state index in [1.165, 1.54) is 25.3 Å². The summed E-state index contributed by atoms with van der Waals surface area (Å²) in [6, 6.07) is 3.82. The van der Waals surface area contributed by atoms with Crippen LogP contribution in [0.1, 0.15) is 11.7 Å². The van der Waals surface area contributed by atoms with E-state index in [1.807, 2.05) is 0 Å². The standard InChI is InChI=1S/C12H15FO5/c1-17-8-3-2-6(13)4-7(8)12-11(16)10(15)9(5-14)18-12/h2-4,9-12,14-16H,5H2,1H3/t9-,10+,11?,12+/m1/s1. The minimum absolute atomic E-state index is 0.306. The smallest absolute Gasteiger partial charge is 0.124 e. The maximum absolute atomic E-state index is 13.2. The number of aliphatic hydroxyl groups excluding tert-OH is 3. The maximum atomic E-state index is 13.2. The van der Waals surface area contributed by atoms with Gasteiger partial charge in [-0.1, -0.05) is 0 Å². The first-order valence-corrected chi connectivity index (χ1v) is 5.54. The molecule has 2 rings (SSSR count). The second-order valence-electron chi connectivity index (χ2n) is 4.15.